The molecule has 2 rings (SSSR count). The highest BCUT2D eigenvalue weighted by atomic mass is 19.1. The van der Waals surface area contributed by atoms with Gasteiger partial charge in [0.1, 0.15) is 5.82 Å². The lowest BCUT2D eigenvalue weighted by Crippen LogP contribution is -2.36. The third kappa shape index (κ3) is 2.82. The zero-order valence-corrected chi connectivity index (χ0v) is 9.66. The van der Waals surface area contributed by atoms with E-state index in [1.54, 1.807) is 12.1 Å². The summed E-state index contributed by atoms with van der Waals surface area (Å²) in [5, 5.41) is 2.75. The summed E-state index contributed by atoms with van der Waals surface area (Å²) in [5.74, 6) is -0.520. The van der Waals surface area contributed by atoms with Gasteiger partial charge in [-0.3, -0.25) is 4.79 Å². The smallest absolute Gasteiger partial charge is 0.254 e. The number of hydrogen-bond donors (Lipinski definition) is 2. The fourth-order valence-electron chi connectivity index (χ4n) is 2.28. The van der Waals surface area contributed by atoms with Gasteiger partial charge in [-0.25, -0.2) is 4.39 Å². The highest BCUT2D eigenvalue weighted by molar-refractivity contribution is 5.94. The Morgan fingerprint density at radius 2 is 2.18 bits per heavy atom. The van der Waals surface area contributed by atoms with Crippen LogP contribution in [0.25, 0.3) is 0 Å². The van der Waals surface area contributed by atoms with Crippen molar-refractivity contribution in [3.8, 4) is 0 Å². The average Bonchev–Trinajstić information content (AvgIpc) is 2.72. The van der Waals surface area contributed by atoms with Gasteiger partial charge in [-0.05, 0) is 30.9 Å². The lowest BCUT2D eigenvalue weighted by atomic mass is 10.0. The fourth-order valence-corrected chi connectivity index (χ4v) is 2.28. The first-order valence-electron chi connectivity index (χ1n) is 5.97. The van der Waals surface area contributed by atoms with E-state index in [1.807, 2.05) is 0 Å². The molecule has 2 unspecified atom stereocenters. The van der Waals surface area contributed by atoms with Gasteiger partial charge in [0.05, 0.1) is 5.56 Å². The molecule has 1 fully saturated rings. The minimum atomic E-state index is -0.485. The van der Waals surface area contributed by atoms with E-state index >= 15 is 0 Å². The van der Waals surface area contributed by atoms with E-state index < -0.39 is 5.82 Å². The molecule has 1 aromatic carbocycles. The molecule has 17 heavy (non-hydrogen) atoms. The molecule has 0 aromatic heterocycles. The molecule has 0 aliphatic heterocycles. The van der Waals surface area contributed by atoms with Crippen LogP contribution < -0.4 is 11.1 Å². The minimum absolute atomic E-state index is 0.0964. The number of carbonyl (C=O) groups is 1. The highest BCUT2D eigenvalue weighted by Crippen LogP contribution is 2.23. The van der Waals surface area contributed by atoms with Crippen LogP contribution in [0, 0.1) is 11.7 Å². The van der Waals surface area contributed by atoms with Gasteiger partial charge in [-0.2, -0.15) is 0 Å². The normalized spacial score (nSPS) is 23.6. The van der Waals surface area contributed by atoms with Crippen molar-refractivity contribution in [2.75, 3.05) is 6.54 Å². The van der Waals surface area contributed by atoms with Crippen molar-refractivity contribution in [1.82, 2.24) is 5.32 Å². The first-order valence-corrected chi connectivity index (χ1v) is 5.97. The molecule has 0 saturated heterocycles. The van der Waals surface area contributed by atoms with Crippen molar-refractivity contribution in [2.24, 2.45) is 11.7 Å². The van der Waals surface area contributed by atoms with Crippen LogP contribution >= 0.6 is 0 Å². The predicted molar refractivity (Wildman–Crippen MR) is 64.0 cm³/mol. The summed E-state index contributed by atoms with van der Waals surface area (Å²) in [6.45, 7) is 0.536. The number of halogens is 1. The molecule has 1 amide bonds. The van der Waals surface area contributed by atoms with Crippen molar-refractivity contribution in [3.63, 3.8) is 0 Å². The Bertz CT molecular complexity index is 408. The zero-order chi connectivity index (χ0) is 12.3. The van der Waals surface area contributed by atoms with E-state index in [0.29, 0.717) is 12.5 Å². The maximum absolute atomic E-state index is 13.3. The number of nitrogens with two attached hydrogens (primary N) is 1. The largest absolute Gasteiger partial charge is 0.352 e. The second-order valence-electron chi connectivity index (χ2n) is 4.54. The first kappa shape index (κ1) is 12.0. The van der Waals surface area contributed by atoms with Gasteiger partial charge in [0.2, 0.25) is 0 Å². The van der Waals surface area contributed by atoms with Crippen LogP contribution in [0.2, 0.25) is 0 Å². The molecule has 4 heteroatoms. The van der Waals surface area contributed by atoms with Gasteiger partial charge in [0.15, 0.2) is 0 Å². The monoisotopic (exact) mass is 236 g/mol. The molecule has 0 bridgehead atoms. The van der Waals surface area contributed by atoms with E-state index in [-0.39, 0.29) is 17.5 Å². The van der Waals surface area contributed by atoms with Crippen molar-refractivity contribution in [1.29, 1.82) is 0 Å². The summed E-state index contributed by atoms with van der Waals surface area (Å²) in [4.78, 5) is 11.7. The van der Waals surface area contributed by atoms with Crippen molar-refractivity contribution < 1.29 is 9.18 Å². The maximum Gasteiger partial charge on any atom is 0.254 e. The second kappa shape index (κ2) is 5.27. The molecule has 1 saturated carbocycles. The standard InChI is InChI=1S/C13H17FN2O/c14-11-6-2-1-5-10(11)13(17)16-8-9-4-3-7-12(9)15/h1-2,5-6,9,12H,3-4,7-8,15H2,(H,16,17). The van der Waals surface area contributed by atoms with Gasteiger partial charge >= 0.3 is 0 Å². The van der Waals surface area contributed by atoms with Gasteiger partial charge in [0.25, 0.3) is 5.91 Å². The summed E-state index contributed by atoms with van der Waals surface area (Å²) >= 11 is 0. The first-order chi connectivity index (χ1) is 8.18. The number of rotatable bonds is 3. The van der Waals surface area contributed by atoms with Crippen LogP contribution in [0.15, 0.2) is 24.3 Å². The average molecular weight is 236 g/mol. The molecule has 0 radical (unpaired) electrons. The lowest BCUT2D eigenvalue weighted by molar-refractivity contribution is 0.0942. The minimum Gasteiger partial charge on any atom is -0.352 e. The van der Waals surface area contributed by atoms with E-state index in [2.05, 4.69) is 5.32 Å². The summed E-state index contributed by atoms with van der Waals surface area (Å²) in [5.41, 5.74) is 6.00. The van der Waals surface area contributed by atoms with Crippen LogP contribution in [0.3, 0.4) is 0 Å². The summed E-state index contributed by atoms with van der Waals surface area (Å²) in [6.07, 6.45) is 3.17. The quantitative estimate of drug-likeness (QED) is 0.839. The molecule has 1 aliphatic carbocycles. The Balaban J connectivity index is 1.91. The molecule has 1 aromatic rings. The molecular weight excluding hydrogens is 219 g/mol. The molecule has 2 atom stereocenters. The third-order valence-electron chi connectivity index (χ3n) is 3.36. The summed E-state index contributed by atoms with van der Waals surface area (Å²) in [6, 6.07) is 6.16. The van der Waals surface area contributed by atoms with Gasteiger partial charge in [0, 0.05) is 12.6 Å². The predicted octanol–water partition coefficient (Wildman–Crippen LogP) is 1.68. The Morgan fingerprint density at radius 1 is 1.41 bits per heavy atom. The Kier molecular flexibility index (Phi) is 3.74. The second-order valence-corrected chi connectivity index (χ2v) is 4.54. The van der Waals surface area contributed by atoms with Crippen LogP contribution in [0.4, 0.5) is 4.39 Å². The van der Waals surface area contributed by atoms with Crippen molar-refractivity contribution in [3.05, 3.63) is 35.6 Å². The number of benzene rings is 1. The summed E-state index contributed by atoms with van der Waals surface area (Å²) in [7, 11) is 0. The Hall–Kier alpha value is -1.42. The van der Waals surface area contributed by atoms with Gasteiger partial charge in [-0.15, -0.1) is 0 Å². The number of carbonyl (C=O) groups excluding carboxylic acids is 1. The van der Waals surface area contributed by atoms with Gasteiger partial charge in [-0.1, -0.05) is 18.6 Å². The zero-order valence-electron chi connectivity index (χ0n) is 9.66. The lowest BCUT2D eigenvalue weighted by Gasteiger charge is -2.15. The van der Waals surface area contributed by atoms with Gasteiger partial charge < -0.3 is 11.1 Å². The molecule has 3 nitrogen and oxygen atoms in total. The molecule has 0 heterocycles. The fraction of sp³-hybridized carbons (Fsp3) is 0.462. The Morgan fingerprint density at radius 3 is 2.82 bits per heavy atom. The van der Waals surface area contributed by atoms with E-state index in [9.17, 15) is 9.18 Å². The topological polar surface area (TPSA) is 55.1 Å². The van der Waals surface area contributed by atoms with Crippen molar-refractivity contribution >= 4 is 5.91 Å². The van der Waals surface area contributed by atoms with E-state index in [0.717, 1.165) is 19.3 Å². The van der Waals surface area contributed by atoms with Crippen LogP contribution in [0.1, 0.15) is 29.6 Å². The van der Waals surface area contributed by atoms with Crippen LogP contribution in [0.5, 0.6) is 0 Å². The highest BCUT2D eigenvalue weighted by Gasteiger charge is 2.24. The number of amides is 1. The molecule has 0 spiro atoms. The van der Waals surface area contributed by atoms with Crippen molar-refractivity contribution in [2.45, 2.75) is 25.3 Å². The number of nitrogens with one attached hydrogen (secondary N) is 1. The summed E-state index contributed by atoms with van der Waals surface area (Å²) < 4.78 is 13.3. The molecule has 1 aliphatic rings. The third-order valence-corrected chi connectivity index (χ3v) is 3.36. The van der Waals surface area contributed by atoms with Crippen LogP contribution in [-0.2, 0) is 0 Å². The number of hydrogen-bond acceptors (Lipinski definition) is 2. The molecule has 92 valence electrons. The maximum atomic E-state index is 13.3. The van der Waals surface area contributed by atoms with E-state index in [1.165, 1.54) is 12.1 Å². The Labute approximate surface area is 100 Å². The molecule has 3 N–H and O–H groups in total. The molecular formula is C13H17FN2O. The van der Waals surface area contributed by atoms with E-state index in [4.69, 9.17) is 5.73 Å². The van der Waals surface area contributed by atoms with Crippen LogP contribution in [-0.4, -0.2) is 18.5 Å². The SMILES string of the molecule is NC1CCCC1CNC(=O)c1ccccc1F.